The van der Waals surface area contributed by atoms with Crippen LogP contribution in [0.1, 0.15) is 16.7 Å². The molecule has 0 radical (unpaired) electrons. The monoisotopic (exact) mass is 452 g/mol. The minimum Gasteiger partial charge on any atom is -0.494 e. The van der Waals surface area contributed by atoms with Crippen LogP contribution in [0, 0.1) is 13.8 Å². The summed E-state index contributed by atoms with van der Waals surface area (Å²) in [5.74, 6) is 1.09. The van der Waals surface area contributed by atoms with Gasteiger partial charge in [-0.05, 0) is 47.5 Å². The number of aromatic nitrogens is 4. The van der Waals surface area contributed by atoms with Crippen molar-refractivity contribution in [3.63, 3.8) is 0 Å². The van der Waals surface area contributed by atoms with Gasteiger partial charge in [0.05, 0.1) is 12.9 Å². The lowest BCUT2D eigenvalue weighted by Gasteiger charge is -2.34. The topological polar surface area (TPSA) is 76.4 Å². The van der Waals surface area contributed by atoms with Gasteiger partial charge in [0.25, 0.3) is 0 Å². The molecule has 8 nitrogen and oxygen atoms in total. The molecule has 2 heterocycles. The second-order valence-corrected chi connectivity index (χ2v) is 8.93. The lowest BCUT2D eigenvalue weighted by Crippen LogP contribution is -2.48. The van der Waals surface area contributed by atoms with Crippen molar-refractivity contribution in [2.75, 3.05) is 39.0 Å². The van der Waals surface area contributed by atoms with E-state index in [2.05, 4.69) is 51.6 Å². The second-order valence-electron chi connectivity index (χ2n) is 7.98. The largest absolute Gasteiger partial charge is 0.494 e. The van der Waals surface area contributed by atoms with Crippen LogP contribution in [0.3, 0.4) is 0 Å². The summed E-state index contributed by atoms with van der Waals surface area (Å²) in [6, 6.07) is 14.4. The smallest absolute Gasteiger partial charge is 0.233 e. The molecule has 0 unspecified atom stereocenters. The molecule has 1 fully saturated rings. The predicted molar refractivity (Wildman–Crippen MR) is 124 cm³/mol. The highest BCUT2D eigenvalue weighted by Crippen LogP contribution is 2.27. The van der Waals surface area contributed by atoms with E-state index in [4.69, 9.17) is 4.74 Å². The van der Waals surface area contributed by atoms with E-state index in [1.807, 2.05) is 30.0 Å². The van der Waals surface area contributed by atoms with E-state index in [9.17, 15) is 4.79 Å². The molecule has 1 saturated heterocycles. The number of benzene rings is 2. The summed E-state index contributed by atoms with van der Waals surface area (Å²) in [5, 5.41) is 12.6. The molecule has 0 bridgehead atoms. The lowest BCUT2D eigenvalue weighted by atomic mass is 10.1. The quantitative estimate of drug-likeness (QED) is 0.510. The zero-order chi connectivity index (χ0) is 22.5. The lowest BCUT2D eigenvalue weighted by molar-refractivity contribution is -0.130. The zero-order valence-electron chi connectivity index (χ0n) is 18.7. The number of hydrogen-bond donors (Lipinski definition) is 0. The van der Waals surface area contributed by atoms with Gasteiger partial charge in [-0.1, -0.05) is 47.7 Å². The average molecular weight is 453 g/mol. The molecule has 1 amide bonds. The summed E-state index contributed by atoms with van der Waals surface area (Å²) in [7, 11) is 1.62. The Balaban J connectivity index is 1.32. The molecular formula is C23H28N6O2S. The Kier molecular flexibility index (Phi) is 7.06. The standard InChI is InChI=1S/C23H28N6O2S/c1-17-5-4-6-19(13-17)15-27-9-11-28(12-10-27)22(30)16-32-23-24-25-26-29(23)20-14-18(2)7-8-21(20)31-3/h4-8,13-14H,9-12,15-16H2,1-3H3. The van der Waals surface area contributed by atoms with Crippen molar-refractivity contribution in [1.82, 2.24) is 30.0 Å². The van der Waals surface area contributed by atoms with Crippen LogP contribution in [0.2, 0.25) is 0 Å². The van der Waals surface area contributed by atoms with Crippen molar-refractivity contribution in [2.45, 2.75) is 25.5 Å². The maximum absolute atomic E-state index is 12.8. The molecule has 1 aromatic heterocycles. The van der Waals surface area contributed by atoms with Gasteiger partial charge in [0.1, 0.15) is 11.4 Å². The average Bonchev–Trinajstić information content (AvgIpc) is 3.26. The summed E-state index contributed by atoms with van der Waals surface area (Å²) >= 11 is 1.35. The minimum absolute atomic E-state index is 0.107. The van der Waals surface area contributed by atoms with Gasteiger partial charge in [0.2, 0.25) is 11.1 Å². The summed E-state index contributed by atoms with van der Waals surface area (Å²) in [6.45, 7) is 8.27. The summed E-state index contributed by atoms with van der Waals surface area (Å²) in [6.07, 6.45) is 0. The third-order valence-corrected chi connectivity index (χ3v) is 6.45. The molecule has 9 heteroatoms. The molecule has 0 atom stereocenters. The number of methoxy groups -OCH3 is 1. The zero-order valence-corrected chi connectivity index (χ0v) is 19.5. The molecule has 0 aliphatic carbocycles. The normalized spacial score (nSPS) is 14.5. The summed E-state index contributed by atoms with van der Waals surface area (Å²) < 4.78 is 7.08. The Hall–Kier alpha value is -2.91. The van der Waals surface area contributed by atoms with Crippen molar-refractivity contribution < 1.29 is 9.53 Å². The molecule has 0 spiro atoms. The summed E-state index contributed by atoms with van der Waals surface area (Å²) in [4.78, 5) is 17.1. The molecule has 1 aliphatic rings. The summed E-state index contributed by atoms with van der Waals surface area (Å²) in [5.41, 5.74) is 4.43. The van der Waals surface area contributed by atoms with Gasteiger partial charge < -0.3 is 9.64 Å². The van der Waals surface area contributed by atoms with Crippen LogP contribution in [0.15, 0.2) is 47.6 Å². The number of carbonyl (C=O) groups excluding carboxylic acids is 1. The molecule has 1 aliphatic heterocycles. The molecule has 4 rings (SSSR count). The van der Waals surface area contributed by atoms with Gasteiger partial charge in [0.15, 0.2) is 0 Å². The van der Waals surface area contributed by atoms with E-state index in [-0.39, 0.29) is 5.91 Å². The number of rotatable bonds is 7. The Labute approximate surface area is 192 Å². The molecule has 0 N–H and O–H groups in total. The number of tetrazole rings is 1. The predicted octanol–water partition coefficient (Wildman–Crippen LogP) is 2.72. The number of aryl methyl sites for hydroxylation is 2. The minimum atomic E-state index is 0.107. The molecule has 168 valence electrons. The fourth-order valence-electron chi connectivity index (χ4n) is 3.83. The molecule has 2 aromatic carbocycles. The van der Waals surface area contributed by atoms with Crippen LogP contribution in [0.4, 0.5) is 0 Å². The highest BCUT2D eigenvalue weighted by Gasteiger charge is 2.22. The maximum atomic E-state index is 12.8. The van der Waals surface area contributed by atoms with Gasteiger partial charge in [-0.3, -0.25) is 9.69 Å². The van der Waals surface area contributed by atoms with E-state index in [1.54, 1.807) is 11.8 Å². The van der Waals surface area contributed by atoms with Gasteiger partial charge in [-0.25, -0.2) is 0 Å². The van der Waals surface area contributed by atoms with Crippen LogP contribution < -0.4 is 4.74 Å². The number of ether oxygens (including phenoxy) is 1. The van der Waals surface area contributed by atoms with Crippen molar-refractivity contribution in [3.8, 4) is 11.4 Å². The van der Waals surface area contributed by atoms with E-state index in [0.29, 0.717) is 16.7 Å². The van der Waals surface area contributed by atoms with Crippen molar-refractivity contribution >= 4 is 17.7 Å². The van der Waals surface area contributed by atoms with Crippen LogP contribution in [-0.2, 0) is 11.3 Å². The number of carbonyl (C=O) groups is 1. The van der Waals surface area contributed by atoms with Gasteiger partial charge in [-0.15, -0.1) is 5.10 Å². The molecule has 3 aromatic rings. The van der Waals surface area contributed by atoms with Crippen LogP contribution in [-0.4, -0.2) is 75.0 Å². The SMILES string of the molecule is COc1ccc(C)cc1-n1nnnc1SCC(=O)N1CCN(Cc2cccc(C)c2)CC1. The Bertz CT molecular complexity index is 1080. The first-order chi connectivity index (χ1) is 15.5. The van der Waals surface area contributed by atoms with Crippen LogP contribution >= 0.6 is 11.8 Å². The number of hydrogen-bond acceptors (Lipinski definition) is 7. The van der Waals surface area contributed by atoms with Gasteiger partial charge in [-0.2, -0.15) is 4.68 Å². The third kappa shape index (κ3) is 5.28. The molecule has 0 saturated carbocycles. The number of amides is 1. The van der Waals surface area contributed by atoms with E-state index < -0.39 is 0 Å². The van der Waals surface area contributed by atoms with E-state index in [0.717, 1.165) is 44.0 Å². The fraction of sp³-hybridized carbons (Fsp3) is 0.391. The highest BCUT2D eigenvalue weighted by atomic mass is 32.2. The molecular weight excluding hydrogens is 424 g/mol. The first-order valence-corrected chi connectivity index (χ1v) is 11.6. The third-order valence-electron chi connectivity index (χ3n) is 5.54. The fourth-order valence-corrected chi connectivity index (χ4v) is 4.61. The first kappa shape index (κ1) is 22.3. The van der Waals surface area contributed by atoms with Crippen molar-refractivity contribution in [2.24, 2.45) is 0 Å². The van der Waals surface area contributed by atoms with Gasteiger partial charge in [0, 0.05) is 32.7 Å². The number of nitrogens with zero attached hydrogens (tertiary/aromatic N) is 6. The van der Waals surface area contributed by atoms with Crippen LogP contribution in [0.25, 0.3) is 5.69 Å². The maximum Gasteiger partial charge on any atom is 0.233 e. The second kappa shape index (κ2) is 10.1. The Morgan fingerprint density at radius 1 is 1.06 bits per heavy atom. The molecule has 32 heavy (non-hydrogen) atoms. The number of piperazine rings is 1. The highest BCUT2D eigenvalue weighted by molar-refractivity contribution is 7.99. The van der Waals surface area contributed by atoms with Crippen molar-refractivity contribution in [1.29, 1.82) is 0 Å². The van der Waals surface area contributed by atoms with Crippen molar-refractivity contribution in [3.05, 3.63) is 59.2 Å². The van der Waals surface area contributed by atoms with E-state index >= 15 is 0 Å². The van der Waals surface area contributed by atoms with Crippen LogP contribution in [0.5, 0.6) is 5.75 Å². The number of thioether (sulfide) groups is 1. The first-order valence-electron chi connectivity index (χ1n) is 10.7. The Morgan fingerprint density at radius 2 is 1.84 bits per heavy atom. The Morgan fingerprint density at radius 3 is 2.59 bits per heavy atom. The van der Waals surface area contributed by atoms with E-state index in [1.165, 1.54) is 22.9 Å². The van der Waals surface area contributed by atoms with Gasteiger partial charge >= 0.3 is 0 Å².